The Labute approximate surface area is 135 Å². The summed E-state index contributed by atoms with van der Waals surface area (Å²) in [6.45, 7) is 2.02. The van der Waals surface area contributed by atoms with Crippen LogP contribution in [0.15, 0.2) is 23.1 Å². The number of carboxylic acids is 1. The number of hydrogen-bond acceptors (Lipinski definition) is 6. The third kappa shape index (κ3) is 5.57. The fourth-order valence-corrected chi connectivity index (χ4v) is 3.76. The van der Waals surface area contributed by atoms with E-state index in [1.165, 1.54) is 22.9 Å². The molecule has 3 N–H and O–H groups in total. The molecule has 7 nitrogen and oxygen atoms in total. The summed E-state index contributed by atoms with van der Waals surface area (Å²) in [5.74, 6) is -0.837. The maximum atomic E-state index is 11.1. The summed E-state index contributed by atoms with van der Waals surface area (Å²) in [5.41, 5.74) is -0.711. The van der Waals surface area contributed by atoms with Crippen LogP contribution in [0.5, 0.6) is 0 Å². The second-order valence-electron chi connectivity index (χ2n) is 4.50. The van der Waals surface area contributed by atoms with E-state index < -0.39 is 16.6 Å². The molecule has 0 aliphatic rings. The summed E-state index contributed by atoms with van der Waals surface area (Å²) in [6, 6.07) is 4.08. The van der Waals surface area contributed by atoms with Crippen molar-refractivity contribution in [1.82, 2.24) is 5.32 Å². The number of nitro groups is 1. The zero-order valence-electron chi connectivity index (χ0n) is 12.2. The number of nitrogens with zero attached hydrogens (tertiary/aromatic N) is 1. The minimum atomic E-state index is -1.31. The highest BCUT2D eigenvalue weighted by atomic mass is 33.1. The Morgan fingerprint density at radius 2 is 2.23 bits per heavy atom. The van der Waals surface area contributed by atoms with Crippen LogP contribution in [0.25, 0.3) is 0 Å². The molecule has 0 aliphatic carbocycles. The molecular formula is C13H17N3O4S2. The van der Waals surface area contributed by atoms with Gasteiger partial charge in [-0.15, -0.1) is 0 Å². The fraction of sp³-hybridized carbons (Fsp3) is 0.385. The van der Waals surface area contributed by atoms with Crippen molar-refractivity contribution in [2.75, 3.05) is 7.05 Å². The molecule has 0 aliphatic heterocycles. The summed E-state index contributed by atoms with van der Waals surface area (Å²) in [7, 11) is 4.63. The Balaban J connectivity index is 2.67. The maximum absolute atomic E-state index is 11.1. The zero-order chi connectivity index (χ0) is 16.7. The van der Waals surface area contributed by atoms with Crippen molar-refractivity contribution in [3.8, 4) is 0 Å². The van der Waals surface area contributed by atoms with Gasteiger partial charge < -0.3 is 10.4 Å². The molecule has 0 heterocycles. The lowest BCUT2D eigenvalue weighted by Crippen LogP contribution is -2.17. The maximum Gasteiger partial charge on any atom is 0.342 e. The Hall–Kier alpha value is -1.74. The van der Waals surface area contributed by atoms with E-state index in [0.717, 1.165) is 6.42 Å². The van der Waals surface area contributed by atoms with E-state index >= 15 is 0 Å². The van der Waals surface area contributed by atoms with Gasteiger partial charge in [-0.3, -0.25) is 15.5 Å². The first-order valence-electron chi connectivity index (χ1n) is 6.45. The lowest BCUT2D eigenvalue weighted by molar-refractivity contribution is -0.385. The number of carboxylic acid groups (broad SMARTS) is 1. The van der Waals surface area contributed by atoms with Gasteiger partial charge in [0.1, 0.15) is 5.56 Å². The Morgan fingerprint density at radius 3 is 2.77 bits per heavy atom. The van der Waals surface area contributed by atoms with Crippen LogP contribution in [0.1, 0.15) is 30.1 Å². The second-order valence-corrected chi connectivity index (χ2v) is 7.21. The molecular weight excluding hydrogens is 326 g/mol. The normalized spacial score (nSPS) is 11.7. The van der Waals surface area contributed by atoms with Crippen LogP contribution in [0.3, 0.4) is 0 Å². The number of amidine groups is 1. The molecule has 0 saturated heterocycles. The van der Waals surface area contributed by atoms with Gasteiger partial charge in [-0.1, -0.05) is 28.5 Å². The molecule has 1 unspecified atom stereocenters. The molecule has 0 fully saturated rings. The molecule has 1 rings (SSSR count). The Bertz CT molecular complexity index is 580. The molecule has 0 spiro atoms. The third-order valence-corrected chi connectivity index (χ3v) is 5.76. The monoisotopic (exact) mass is 343 g/mol. The molecule has 0 amide bonds. The first-order valence-corrected chi connectivity index (χ1v) is 8.66. The number of nitrogens with one attached hydrogen (secondary N) is 2. The standard InChI is InChI=1S/C13H17N3O4S2/c1-8(3-6-12(14)15-2)21-22-9-4-5-11(16(19)20)10(7-9)13(17)18/h4-5,7-8H,3,6H2,1-2H3,(H2,14,15)(H,17,18). The summed E-state index contributed by atoms with van der Waals surface area (Å²) in [5, 5.41) is 30.4. The van der Waals surface area contributed by atoms with E-state index in [-0.39, 0.29) is 10.8 Å². The highest BCUT2D eigenvalue weighted by molar-refractivity contribution is 8.76. The predicted molar refractivity (Wildman–Crippen MR) is 89.0 cm³/mol. The molecule has 22 heavy (non-hydrogen) atoms. The van der Waals surface area contributed by atoms with Crippen LogP contribution < -0.4 is 5.32 Å². The van der Waals surface area contributed by atoms with Crippen LogP contribution in [0.2, 0.25) is 0 Å². The van der Waals surface area contributed by atoms with E-state index in [4.69, 9.17) is 10.5 Å². The van der Waals surface area contributed by atoms with Gasteiger partial charge >= 0.3 is 5.97 Å². The van der Waals surface area contributed by atoms with E-state index in [1.54, 1.807) is 23.9 Å². The molecule has 0 aromatic heterocycles. The predicted octanol–water partition coefficient (Wildman–Crippen LogP) is 3.40. The largest absolute Gasteiger partial charge is 0.477 e. The number of hydrogen-bond donors (Lipinski definition) is 3. The smallest absolute Gasteiger partial charge is 0.342 e. The second kappa shape index (κ2) is 8.64. The van der Waals surface area contributed by atoms with Crippen molar-refractivity contribution >= 4 is 39.1 Å². The van der Waals surface area contributed by atoms with Crippen LogP contribution in [0, 0.1) is 15.5 Å². The van der Waals surface area contributed by atoms with Gasteiger partial charge in [-0.2, -0.15) is 0 Å². The topological polar surface area (TPSA) is 116 Å². The summed E-state index contributed by atoms with van der Waals surface area (Å²) < 4.78 is 0. The minimum Gasteiger partial charge on any atom is -0.477 e. The lowest BCUT2D eigenvalue weighted by atomic mass is 10.2. The van der Waals surface area contributed by atoms with Crippen LogP contribution in [0.4, 0.5) is 5.69 Å². The summed E-state index contributed by atoms with van der Waals surface area (Å²) in [4.78, 5) is 21.8. The minimum absolute atomic E-state index is 0.266. The molecule has 1 aromatic rings. The third-order valence-electron chi connectivity index (χ3n) is 2.81. The van der Waals surface area contributed by atoms with E-state index in [9.17, 15) is 14.9 Å². The zero-order valence-corrected chi connectivity index (χ0v) is 13.8. The van der Waals surface area contributed by atoms with Crippen LogP contribution in [-0.2, 0) is 0 Å². The van der Waals surface area contributed by atoms with Crippen molar-refractivity contribution in [3.63, 3.8) is 0 Å². The Kier molecular flexibility index (Phi) is 7.19. The van der Waals surface area contributed by atoms with Crippen LogP contribution in [-0.4, -0.2) is 34.1 Å². The fourth-order valence-electron chi connectivity index (χ4n) is 1.56. The van der Waals surface area contributed by atoms with Crippen molar-refractivity contribution < 1.29 is 14.8 Å². The van der Waals surface area contributed by atoms with Crippen molar-refractivity contribution in [1.29, 1.82) is 5.41 Å². The van der Waals surface area contributed by atoms with Gasteiger partial charge in [0.15, 0.2) is 0 Å². The van der Waals surface area contributed by atoms with Gasteiger partial charge in [0.05, 0.1) is 10.8 Å². The Morgan fingerprint density at radius 1 is 1.55 bits per heavy atom. The summed E-state index contributed by atoms with van der Waals surface area (Å²) in [6.07, 6.45) is 1.46. The average Bonchev–Trinajstić information content (AvgIpc) is 2.49. The van der Waals surface area contributed by atoms with E-state index in [1.807, 2.05) is 6.92 Å². The average molecular weight is 343 g/mol. The number of carbonyl (C=O) groups is 1. The highest BCUT2D eigenvalue weighted by Crippen LogP contribution is 2.37. The van der Waals surface area contributed by atoms with Crippen molar-refractivity contribution in [2.45, 2.75) is 29.9 Å². The quantitative estimate of drug-likeness (QED) is 0.218. The van der Waals surface area contributed by atoms with Gasteiger partial charge in [0.2, 0.25) is 0 Å². The molecule has 120 valence electrons. The van der Waals surface area contributed by atoms with Crippen molar-refractivity contribution in [2.24, 2.45) is 0 Å². The molecule has 9 heteroatoms. The van der Waals surface area contributed by atoms with Gasteiger partial charge in [-0.05, 0) is 18.6 Å². The highest BCUT2D eigenvalue weighted by Gasteiger charge is 2.20. The number of aromatic carboxylic acids is 1. The van der Waals surface area contributed by atoms with Crippen LogP contribution >= 0.6 is 21.6 Å². The first-order chi connectivity index (χ1) is 10.3. The molecule has 0 radical (unpaired) electrons. The van der Waals surface area contributed by atoms with Gasteiger partial charge in [-0.25, -0.2) is 4.79 Å². The summed E-state index contributed by atoms with van der Waals surface area (Å²) >= 11 is 0. The molecule has 0 bridgehead atoms. The van der Waals surface area contributed by atoms with Crippen molar-refractivity contribution in [3.05, 3.63) is 33.9 Å². The molecule has 0 saturated carbocycles. The van der Waals surface area contributed by atoms with Gasteiger partial charge in [0.25, 0.3) is 5.69 Å². The molecule has 1 aromatic carbocycles. The van der Waals surface area contributed by atoms with E-state index in [2.05, 4.69) is 5.32 Å². The lowest BCUT2D eigenvalue weighted by Gasteiger charge is -2.11. The number of rotatable bonds is 8. The molecule has 1 atom stereocenters. The SMILES string of the molecule is CNC(=N)CCC(C)SSc1ccc([N+](=O)[O-])c(C(=O)O)c1. The van der Waals surface area contributed by atoms with Gasteiger partial charge in [0, 0.05) is 29.7 Å². The first kappa shape index (κ1) is 18.3. The number of benzene rings is 1. The number of nitro benzene ring substituents is 1. The van der Waals surface area contributed by atoms with E-state index in [0.29, 0.717) is 17.2 Å².